The van der Waals surface area contributed by atoms with Crippen molar-refractivity contribution in [2.45, 2.75) is 26.2 Å². The number of carbonyl (C=O) groups is 1. The highest BCUT2D eigenvalue weighted by Crippen LogP contribution is 2.20. The normalized spacial score (nSPS) is 13.7. The van der Waals surface area contributed by atoms with Crippen molar-refractivity contribution < 1.29 is 4.79 Å². The highest BCUT2D eigenvalue weighted by molar-refractivity contribution is 6.31. The molecule has 1 amide bonds. The minimum Gasteiger partial charge on any atom is -0.368 e. The van der Waals surface area contributed by atoms with Gasteiger partial charge in [-0.15, -0.1) is 0 Å². The summed E-state index contributed by atoms with van der Waals surface area (Å²) in [4.78, 5) is 23.3. The molecule has 0 aliphatic carbocycles. The zero-order chi connectivity index (χ0) is 18.4. The second-order valence-electron chi connectivity index (χ2n) is 6.40. The molecule has 1 fully saturated rings. The Bertz CT molecular complexity index is 761. The molecule has 0 unspecified atom stereocenters. The maximum absolute atomic E-state index is 12.0. The van der Waals surface area contributed by atoms with Gasteiger partial charge in [0.2, 0.25) is 5.91 Å². The molecule has 1 aromatic carbocycles. The molecule has 0 bridgehead atoms. The summed E-state index contributed by atoms with van der Waals surface area (Å²) in [6.07, 6.45) is 2.71. The van der Waals surface area contributed by atoms with Gasteiger partial charge in [0.05, 0.1) is 6.42 Å². The second kappa shape index (κ2) is 8.85. The number of anilines is 2. The van der Waals surface area contributed by atoms with Crippen LogP contribution >= 0.6 is 11.6 Å². The lowest BCUT2D eigenvalue weighted by Gasteiger charge is -2.17. The van der Waals surface area contributed by atoms with Crippen molar-refractivity contribution in [2.24, 2.45) is 0 Å². The lowest BCUT2D eigenvalue weighted by atomic mass is 10.1. The Morgan fingerprint density at radius 1 is 1.19 bits per heavy atom. The molecule has 0 saturated carbocycles. The number of benzene rings is 1. The number of carbonyl (C=O) groups excluding carboxylic acids is 1. The number of aryl methyl sites for hydroxylation is 1. The number of nitrogens with zero attached hydrogens (tertiary/aromatic N) is 3. The van der Waals surface area contributed by atoms with Crippen LogP contribution in [0.2, 0.25) is 5.02 Å². The zero-order valence-electron chi connectivity index (χ0n) is 15.0. The van der Waals surface area contributed by atoms with Crippen LogP contribution < -0.4 is 15.5 Å². The van der Waals surface area contributed by atoms with Gasteiger partial charge in [-0.3, -0.25) is 4.79 Å². The van der Waals surface area contributed by atoms with Crippen LogP contribution in [-0.4, -0.2) is 42.1 Å². The molecule has 1 aromatic heterocycles. The van der Waals surface area contributed by atoms with E-state index in [1.54, 1.807) is 6.07 Å². The van der Waals surface area contributed by atoms with Crippen molar-refractivity contribution in [2.75, 3.05) is 36.4 Å². The molecular formula is C19H24ClN5O. The Kier molecular flexibility index (Phi) is 6.28. The Morgan fingerprint density at radius 3 is 2.73 bits per heavy atom. The highest BCUT2D eigenvalue weighted by Gasteiger charge is 2.15. The summed E-state index contributed by atoms with van der Waals surface area (Å²) in [7, 11) is 0. The monoisotopic (exact) mass is 373 g/mol. The predicted molar refractivity (Wildman–Crippen MR) is 105 cm³/mol. The summed E-state index contributed by atoms with van der Waals surface area (Å²) < 4.78 is 0. The first-order chi connectivity index (χ1) is 12.6. The van der Waals surface area contributed by atoms with Crippen LogP contribution in [0.15, 0.2) is 30.3 Å². The van der Waals surface area contributed by atoms with E-state index in [0.717, 1.165) is 36.1 Å². The van der Waals surface area contributed by atoms with Gasteiger partial charge in [-0.05, 0) is 31.4 Å². The van der Waals surface area contributed by atoms with E-state index in [9.17, 15) is 4.79 Å². The van der Waals surface area contributed by atoms with E-state index in [0.29, 0.717) is 18.1 Å². The first kappa shape index (κ1) is 18.5. The number of hydrogen-bond donors (Lipinski definition) is 2. The van der Waals surface area contributed by atoms with E-state index in [1.165, 1.54) is 12.8 Å². The summed E-state index contributed by atoms with van der Waals surface area (Å²) in [6.45, 7) is 5.12. The SMILES string of the molecule is Cc1nc(NCCNC(=O)Cc2ccccc2Cl)cc(N2CCCC2)n1. The van der Waals surface area contributed by atoms with Crippen LogP contribution in [0.1, 0.15) is 24.2 Å². The first-order valence-electron chi connectivity index (χ1n) is 8.96. The van der Waals surface area contributed by atoms with Crippen molar-refractivity contribution in [3.63, 3.8) is 0 Å². The third kappa shape index (κ3) is 5.08. The summed E-state index contributed by atoms with van der Waals surface area (Å²) in [5.74, 6) is 2.47. The molecule has 6 nitrogen and oxygen atoms in total. The number of amides is 1. The van der Waals surface area contributed by atoms with Crippen LogP contribution in [0, 0.1) is 6.92 Å². The van der Waals surface area contributed by atoms with Crippen molar-refractivity contribution in [1.82, 2.24) is 15.3 Å². The summed E-state index contributed by atoms with van der Waals surface area (Å²) in [5, 5.41) is 6.78. The van der Waals surface area contributed by atoms with Gasteiger partial charge in [-0.2, -0.15) is 0 Å². The Hall–Kier alpha value is -2.34. The highest BCUT2D eigenvalue weighted by atomic mass is 35.5. The average Bonchev–Trinajstić information content (AvgIpc) is 3.15. The lowest BCUT2D eigenvalue weighted by Crippen LogP contribution is -2.30. The van der Waals surface area contributed by atoms with Gasteiger partial charge >= 0.3 is 0 Å². The van der Waals surface area contributed by atoms with Crippen molar-refractivity contribution in [1.29, 1.82) is 0 Å². The second-order valence-corrected chi connectivity index (χ2v) is 6.80. The Balaban J connectivity index is 1.46. The number of nitrogens with one attached hydrogen (secondary N) is 2. The Labute approximate surface area is 159 Å². The maximum atomic E-state index is 12.0. The third-order valence-electron chi connectivity index (χ3n) is 4.32. The molecule has 1 saturated heterocycles. The fraction of sp³-hybridized carbons (Fsp3) is 0.421. The standard InChI is InChI=1S/C19H24ClN5O/c1-14-23-17(13-18(24-14)25-10-4-5-11-25)21-8-9-22-19(26)12-15-6-2-3-7-16(15)20/h2-3,6-7,13H,4-5,8-12H2,1H3,(H,22,26)(H,21,23,24). The number of aromatic nitrogens is 2. The summed E-state index contributed by atoms with van der Waals surface area (Å²) in [6, 6.07) is 9.37. The van der Waals surface area contributed by atoms with E-state index in [-0.39, 0.29) is 12.3 Å². The third-order valence-corrected chi connectivity index (χ3v) is 4.69. The summed E-state index contributed by atoms with van der Waals surface area (Å²) >= 11 is 6.08. The van der Waals surface area contributed by atoms with Gasteiger partial charge in [0.1, 0.15) is 17.5 Å². The van der Waals surface area contributed by atoms with Crippen LogP contribution in [0.25, 0.3) is 0 Å². The molecule has 138 valence electrons. The van der Waals surface area contributed by atoms with Gasteiger partial charge in [0, 0.05) is 37.3 Å². The van der Waals surface area contributed by atoms with E-state index >= 15 is 0 Å². The van der Waals surface area contributed by atoms with E-state index in [4.69, 9.17) is 11.6 Å². The molecule has 26 heavy (non-hydrogen) atoms. The molecule has 0 radical (unpaired) electrons. The maximum Gasteiger partial charge on any atom is 0.224 e. The number of rotatable bonds is 7. The molecule has 2 aromatic rings. The van der Waals surface area contributed by atoms with Gasteiger partial charge in [-0.25, -0.2) is 9.97 Å². The molecule has 0 spiro atoms. The minimum atomic E-state index is -0.0449. The average molecular weight is 374 g/mol. The van der Waals surface area contributed by atoms with E-state index in [1.807, 2.05) is 31.2 Å². The zero-order valence-corrected chi connectivity index (χ0v) is 15.7. The molecule has 3 rings (SSSR count). The molecule has 2 heterocycles. The Morgan fingerprint density at radius 2 is 1.96 bits per heavy atom. The van der Waals surface area contributed by atoms with Gasteiger partial charge in [0.15, 0.2) is 0 Å². The largest absolute Gasteiger partial charge is 0.368 e. The smallest absolute Gasteiger partial charge is 0.224 e. The van der Waals surface area contributed by atoms with Gasteiger partial charge in [0.25, 0.3) is 0 Å². The lowest BCUT2D eigenvalue weighted by molar-refractivity contribution is -0.120. The topological polar surface area (TPSA) is 70.2 Å². The van der Waals surface area contributed by atoms with Crippen molar-refractivity contribution >= 4 is 29.1 Å². The summed E-state index contributed by atoms with van der Waals surface area (Å²) in [5.41, 5.74) is 0.835. The van der Waals surface area contributed by atoms with Crippen LogP contribution in [-0.2, 0) is 11.2 Å². The fourth-order valence-corrected chi connectivity index (χ4v) is 3.22. The minimum absolute atomic E-state index is 0.0449. The van der Waals surface area contributed by atoms with Gasteiger partial charge < -0.3 is 15.5 Å². The number of halogens is 1. The fourth-order valence-electron chi connectivity index (χ4n) is 3.02. The molecule has 7 heteroatoms. The van der Waals surface area contributed by atoms with Crippen molar-refractivity contribution in [3.05, 3.63) is 46.7 Å². The molecular weight excluding hydrogens is 350 g/mol. The van der Waals surface area contributed by atoms with E-state index < -0.39 is 0 Å². The van der Waals surface area contributed by atoms with Crippen LogP contribution in [0.4, 0.5) is 11.6 Å². The molecule has 2 N–H and O–H groups in total. The number of hydrogen-bond acceptors (Lipinski definition) is 5. The first-order valence-corrected chi connectivity index (χ1v) is 9.34. The quantitative estimate of drug-likeness (QED) is 0.730. The van der Waals surface area contributed by atoms with Crippen molar-refractivity contribution in [3.8, 4) is 0 Å². The molecule has 0 atom stereocenters. The predicted octanol–water partition coefficient (Wildman–Crippen LogP) is 2.81. The van der Waals surface area contributed by atoms with Gasteiger partial charge in [-0.1, -0.05) is 29.8 Å². The van der Waals surface area contributed by atoms with Crippen LogP contribution in [0.3, 0.4) is 0 Å². The molecule has 1 aliphatic heterocycles. The van der Waals surface area contributed by atoms with E-state index in [2.05, 4.69) is 25.5 Å². The molecule has 1 aliphatic rings. The van der Waals surface area contributed by atoms with Crippen LogP contribution in [0.5, 0.6) is 0 Å².